The monoisotopic (exact) mass is 630 g/mol. The maximum Gasteiger partial charge on any atom is 0.346 e. The minimum atomic E-state index is -1.22. The number of benzene rings is 6. The number of carboxylic acids is 1. The van der Waals surface area contributed by atoms with Crippen molar-refractivity contribution in [3.63, 3.8) is 0 Å². The molecule has 0 aliphatic carbocycles. The van der Waals surface area contributed by atoms with E-state index in [4.69, 9.17) is 0 Å². The number of unbranched alkanes of at least 4 members (excludes halogenated alkanes) is 5. The van der Waals surface area contributed by atoms with Crippen LogP contribution in [0.4, 0.5) is 11.4 Å². The zero-order valence-corrected chi connectivity index (χ0v) is 27.2. The number of carbonyl (C=O) groups is 1. The van der Waals surface area contributed by atoms with Crippen LogP contribution in [0, 0.1) is 23.2 Å². The lowest BCUT2D eigenvalue weighted by Crippen LogP contribution is -2.22. The lowest BCUT2D eigenvalue weighted by Gasteiger charge is -2.33. The summed E-state index contributed by atoms with van der Waals surface area (Å²) in [5, 5.41) is 26.2. The van der Waals surface area contributed by atoms with Crippen LogP contribution in [-0.2, 0) is 4.79 Å². The lowest BCUT2D eigenvalue weighted by molar-refractivity contribution is -0.132. The van der Waals surface area contributed by atoms with Crippen molar-refractivity contribution in [2.45, 2.75) is 55.2 Å². The van der Waals surface area contributed by atoms with E-state index in [1.807, 2.05) is 18.2 Å². The number of nitriles is 1. The molecule has 0 saturated heterocycles. The molecular weight excluding hydrogens is 597 g/mol. The fourth-order valence-electron chi connectivity index (χ4n) is 6.65. The highest BCUT2D eigenvalue weighted by molar-refractivity contribution is 7.99. The fraction of sp³-hybridized carbons (Fsp3) is 0.190. The zero-order valence-electron chi connectivity index (χ0n) is 26.3. The average Bonchev–Trinajstić information content (AvgIpc) is 3.09. The normalized spacial score (nSPS) is 12.5. The Hall–Kier alpha value is -5.23. The second-order valence-electron chi connectivity index (χ2n) is 12.1. The summed E-state index contributed by atoms with van der Waals surface area (Å²) in [5.74, 6) is 5.73. The number of hydrogen-bond donors (Lipinski definition) is 1. The molecule has 0 aromatic heterocycles. The minimum absolute atomic E-state index is 0.278. The number of hydrogen-bond acceptors (Lipinski definition) is 4. The molecule has 6 aromatic rings. The van der Waals surface area contributed by atoms with E-state index < -0.39 is 5.97 Å². The van der Waals surface area contributed by atoms with Crippen LogP contribution in [-0.4, -0.2) is 17.6 Å². The Morgan fingerprint density at radius 2 is 1.47 bits per heavy atom. The standard InChI is InChI=1S/C42H34N2O2S/c1-2-3-4-5-6-7-23-44-36-21-12-28(25-38(36)47-39-26-29(13-22-37(39)44)24-34(27-43)42(45)46)11-14-30-15-16-33-18-17-31-9-8-10-32-19-20-35(30)41(33)40(31)32/h8-10,12-13,15-22,24-26H,2-7,23H2,1H3,(H,45,46)/b34-24+. The molecule has 0 bridgehead atoms. The van der Waals surface area contributed by atoms with Gasteiger partial charge in [0.1, 0.15) is 11.6 Å². The van der Waals surface area contributed by atoms with Crippen molar-refractivity contribution in [2.24, 2.45) is 0 Å². The molecule has 1 aliphatic heterocycles. The third-order valence-corrected chi connectivity index (χ3v) is 10.1. The molecule has 4 nitrogen and oxygen atoms in total. The summed E-state index contributed by atoms with van der Waals surface area (Å²) in [6.07, 6.45) is 8.73. The van der Waals surface area contributed by atoms with Crippen molar-refractivity contribution in [1.82, 2.24) is 0 Å². The molecule has 0 unspecified atom stereocenters. The van der Waals surface area contributed by atoms with Crippen molar-refractivity contribution < 1.29 is 9.90 Å². The molecule has 0 atom stereocenters. The van der Waals surface area contributed by atoms with E-state index in [9.17, 15) is 15.2 Å². The predicted octanol–water partition coefficient (Wildman–Crippen LogP) is 10.9. The molecule has 1 heterocycles. The smallest absolute Gasteiger partial charge is 0.346 e. The Morgan fingerprint density at radius 1 is 0.787 bits per heavy atom. The Labute approximate surface area is 279 Å². The van der Waals surface area contributed by atoms with Crippen LogP contribution in [0.2, 0.25) is 0 Å². The number of rotatable bonds is 9. The molecule has 6 aromatic carbocycles. The van der Waals surface area contributed by atoms with Crippen molar-refractivity contribution in [3.8, 4) is 17.9 Å². The Morgan fingerprint density at radius 3 is 2.23 bits per heavy atom. The lowest BCUT2D eigenvalue weighted by atomic mass is 9.92. The second-order valence-corrected chi connectivity index (χ2v) is 13.2. The summed E-state index contributed by atoms with van der Waals surface area (Å²) in [4.78, 5) is 16.0. The minimum Gasteiger partial charge on any atom is -0.477 e. The number of fused-ring (bicyclic) bond motifs is 2. The number of nitrogens with zero attached hydrogens (tertiary/aromatic N) is 2. The number of aliphatic carboxylic acids is 1. The van der Waals surface area contributed by atoms with Crippen LogP contribution in [0.15, 0.2) is 106 Å². The summed E-state index contributed by atoms with van der Waals surface area (Å²) < 4.78 is 0. The first-order valence-electron chi connectivity index (χ1n) is 16.3. The van der Waals surface area contributed by atoms with E-state index in [-0.39, 0.29) is 5.57 Å². The molecule has 5 heteroatoms. The highest BCUT2D eigenvalue weighted by Gasteiger charge is 2.24. The quantitative estimate of drug-likeness (QED) is 0.0566. The highest BCUT2D eigenvalue weighted by Crippen LogP contribution is 2.49. The summed E-state index contributed by atoms with van der Waals surface area (Å²) in [6, 6.07) is 33.7. The molecule has 1 N–H and O–H groups in total. The van der Waals surface area contributed by atoms with Gasteiger partial charge < -0.3 is 10.0 Å². The van der Waals surface area contributed by atoms with Gasteiger partial charge in [0.05, 0.1) is 11.4 Å². The second kappa shape index (κ2) is 13.2. The molecule has 47 heavy (non-hydrogen) atoms. The van der Waals surface area contributed by atoms with Crippen LogP contribution in [0.25, 0.3) is 38.4 Å². The third kappa shape index (κ3) is 6.03. The van der Waals surface area contributed by atoms with E-state index in [0.717, 1.165) is 45.3 Å². The maximum absolute atomic E-state index is 11.5. The van der Waals surface area contributed by atoms with E-state index in [1.54, 1.807) is 17.8 Å². The van der Waals surface area contributed by atoms with Crippen LogP contribution in [0.3, 0.4) is 0 Å². The molecular formula is C42H34N2O2S. The van der Waals surface area contributed by atoms with Gasteiger partial charge in [0.15, 0.2) is 0 Å². The van der Waals surface area contributed by atoms with Crippen molar-refractivity contribution >= 4 is 67.5 Å². The third-order valence-electron chi connectivity index (χ3n) is 9.01. The highest BCUT2D eigenvalue weighted by atomic mass is 32.2. The number of carboxylic acid groups (broad SMARTS) is 1. The van der Waals surface area contributed by atoms with Gasteiger partial charge in [-0.25, -0.2) is 4.79 Å². The van der Waals surface area contributed by atoms with Crippen molar-refractivity contribution in [3.05, 3.63) is 113 Å². The first-order chi connectivity index (χ1) is 23.0. The molecule has 7 rings (SSSR count). The summed E-state index contributed by atoms with van der Waals surface area (Å²) >= 11 is 1.67. The van der Waals surface area contributed by atoms with Gasteiger partial charge in [-0.2, -0.15) is 5.26 Å². The van der Waals surface area contributed by atoms with Gasteiger partial charge in [0.2, 0.25) is 0 Å². The Kier molecular flexibility index (Phi) is 8.58. The van der Waals surface area contributed by atoms with Gasteiger partial charge in [-0.3, -0.25) is 0 Å². The molecule has 0 fully saturated rings. The SMILES string of the molecule is CCCCCCCCN1c2ccc(C#Cc3ccc4ccc5cccc6ccc3c4c56)cc2Sc2cc(/C=C(\C#N)C(=O)O)ccc21. The van der Waals surface area contributed by atoms with Gasteiger partial charge >= 0.3 is 5.97 Å². The Balaban J connectivity index is 1.23. The van der Waals surface area contributed by atoms with E-state index >= 15 is 0 Å². The van der Waals surface area contributed by atoms with Crippen LogP contribution >= 0.6 is 11.8 Å². The summed E-state index contributed by atoms with van der Waals surface area (Å²) in [7, 11) is 0. The van der Waals surface area contributed by atoms with E-state index in [1.165, 1.54) is 70.5 Å². The Bertz CT molecular complexity index is 2270. The molecule has 0 saturated carbocycles. The number of anilines is 2. The van der Waals surface area contributed by atoms with Gasteiger partial charge in [-0.05, 0) is 86.8 Å². The topological polar surface area (TPSA) is 64.3 Å². The summed E-state index contributed by atoms with van der Waals surface area (Å²) in [5.41, 5.74) is 4.64. The van der Waals surface area contributed by atoms with Gasteiger partial charge in [0, 0.05) is 27.5 Å². The van der Waals surface area contributed by atoms with E-state index in [0.29, 0.717) is 5.56 Å². The predicted molar refractivity (Wildman–Crippen MR) is 195 cm³/mol. The average molecular weight is 631 g/mol. The first kappa shape index (κ1) is 30.4. The van der Waals surface area contributed by atoms with Crippen molar-refractivity contribution in [2.75, 3.05) is 11.4 Å². The van der Waals surface area contributed by atoms with E-state index in [2.05, 4.69) is 96.5 Å². The molecule has 0 amide bonds. The van der Waals surface area contributed by atoms with Crippen LogP contribution in [0.5, 0.6) is 0 Å². The molecule has 0 spiro atoms. The van der Waals surface area contributed by atoms with Crippen LogP contribution < -0.4 is 4.90 Å². The van der Waals surface area contributed by atoms with Crippen LogP contribution in [0.1, 0.15) is 62.1 Å². The zero-order chi connectivity index (χ0) is 32.3. The van der Waals surface area contributed by atoms with Gasteiger partial charge in [0.25, 0.3) is 0 Å². The largest absolute Gasteiger partial charge is 0.477 e. The van der Waals surface area contributed by atoms with Crippen molar-refractivity contribution in [1.29, 1.82) is 5.26 Å². The first-order valence-corrected chi connectivity index (χ1v) is 17.1. The van der Waals surface area contributed by atoms with Gasteiger partial charge in [-0.15, -0.1) is 0 Å². The van der Waals surface area contributed by atoms with Gasteiger partial charge in [-0.1, -0.05) is 117 Å². The maximum atomic E-state index is 11.5. The molecule has 230 valence electrons. The molecule has 1 aliphatic rings. The fourth-order valence-corrected chi connectivity index (χ4v) is 7.84. The molecule has 0 radical (unpaired) electrons. The summed E-state index contributed by atoms with van der Waals surface area (Å²) in [6.45, 7) is 3.14.